The summed E-state index contributed by atoms with van der Waals surface area (Å²) in [4.78, 5) is 25.6. The number of ketones is 1. The van der Waals surface area contributed by atoms with Gasteiger partial charge in [0.05, 0.1) is 18.7 Å². The van der Waals surface area contributed by atoms with Crippen molar-refractivity contribution in [3.63, 3.8) is 0 Å². The molecule has 0 unspecified atom stereocenters. The third-order valence-electron chi connectivity index (χ3n) is 5.03. The number of Topliss-reactive ketones (excluding diaryl/α,β-unsaturated/α-hetero) is 1. The fraction of sp³-hybridized carbons (Fsp3) is 0.526. The van der Waals surface area contributed by atoms with Crippen LogP contribution in [-0.4, -0.2) is 28.1 Å². The van der Waals surface area contributed by atoms with E-state index < -0.39 is 11.9 Å². The Kier molecular flexibility index (Phi) is 4.42. The maximum atomic E-state index is 13.0. The van der Waals surface area contributed by atoms with Gasteiger partial charge in [-0.25, -0.2) is 4.79 Å². The lowest BCUT2D eigenvalue weighted by atomic mass is 9.70. The van der Waals surface area contributed by atoms with Gasteiger partial charge < -0.3 is 15.2 Å². The van der Waals surface area contributed by atoms with E-state index >= 15 is 0 Å². The highest BCUT2D eigenvalue weighted by atomic mass is 16.5. The van der Waals surface area contributed by atoms with Gasteiger partial charge in [-0.05, 0) is 19.3 Å². The largest absolute Gasteiger partial charge is 0.462 e. The highest BCUT2D eigenvalue weighted by Crippen LogP contribution is 2.48. The van der Waals surface area contributed by atoms with E-state index in [-0.39, 0.29) is 29.3 Å². The van der Waals surface area contributed by atoms with Crippen LogP contribution >= 0.6 is 0 Å². The van der Waals surface area contributed by atoms with E-state index in [1.807, 2.05) is 27.8 Å². The lowest BCUT2D eigenvalue weighted by Gasteiger charge is -2.37. The molecule has 0 saturated heterocycles. The Morgan fingerprint density at radius 3 is 2.73 bits per heavy atom. The first-order valence-electron chi connectivity index (χ1n) is 8.75. The van der Waals surface area contributed by atoms with E-state index in [2.05, 4.69) is 5.10 Å². The second kappa shape index (κ2) is 6.30. The Bertz CT molecular complexity index is 845. The molecule has 1 atom stereocenters. The van der Waals surface area contributed by atoms with Crippen molar-refractivity contribution in [1.82, 2.24) is 9.78 Å². The molecule has 2 aliphatic rings. The Hall–Kier alpha value is -2.57. The lowest BCUT2D eigenvalue weighted by Crippen LogP contribution is -2.35. The fourth-order valence-electron chi connectivity index (χ4n) is 3.70. The number of nitrogens with zero attached hydrogens (tertiary/aromatic N) is 2. The smallest absolute Gasteiger partial charge is 0.340 e. The normalized spacial score (nSPS) is 22.2. The van der Waals surface area contributed by atoms with Gasteiger partial charge in [-0.15, -0.1) is 0 Å². The zero-order valence-electron chi connectivity index (χ0n) is 15.9. The van der Waals surface area contributed by atoms with E-state index in [1.165, 1.54) is 0 Å². The van der Waals surface area contributed by atoms with Crippen LogP contribution in [0.5, 0.6) is 0 Å². The summed E-state index contributed by atoms with van der Waals surface area (Å²) >= 11 is 0. The number of carbonyl (C=O) groups excluding carboxylic acids is 2. The highest BCUT2D eigenvalue weighted by molar-refractivity contribution is 6.03. The Labute approximate surface area is 152 Å². The number of carbonyl (C=O) groups is 2. The van der Waals surface area contributed by atoms with E-state index in [4.69, 9.17) is 15.2 Å². The Morgan fingerprint density at radius 1 is 1.46 bits per heavy atom. The minimum Gasteiger partial charge on any atom is -0.462 e. The molecular formula is C19H25N3O4. The van der Waals surface area contributed by atoms with Gasteiger partial charge in [0.15, 0.2) is 5.78 Å². The maximum absolute atomic E-state index is 13.0. The predicted molar refractivity (Wildman–Crippen MR) is 94.7 cm³/mol. The van der Waals surface area contributed by atoms with Gasteiger partial charge in [-0.2, -0.15) is 5.10 Å². The molecule has 3 rings (SSSR count). The van der Waals surface area contributed by atoms with Crippen LogP contribution in [0.1, 0.15) is 50.8 Å². The molecule has 1 aromatic rings. The molecule has 0 amide bonds. The predicted octanol–water partition coefficient (Wildman–Crippen LogP) is 2.22. The SMILES string of the molecule is CCOC(=O)C1=C(N)OC2=C(C(=O)CC(C)(C)C2)[C@H]1c1cnn(C)c1C. The van der Waals surface area contributed by atoms with Crippen LogP contribution in [0, 0.1) is 12.3 Å². The first kappa shape index (κ1) is 18.2. The quantitative estimate of drug-likeness (QED) is 0.831. The molecule has 1 aliphatic heterocycles. The van der Waals surface area contributed by atoms with Gasteiger partial charge in [0, 0.05) is 36.7 Å². The van der Waals surface area contributed by atoms with Crippen molar-refractivity contribution < 1.29 is 19.1 Å². The number of hydrogen-bond donors (Lipinski definition) is 1. The van der Waals surface area contributed by atoms with E-state index in [1.54, 1.807) is 17.8 Å². The maximum Gasteiger partial charge on any atom is 0.340 e. The molecule has 2 N–H and O–H groups in total. The summed E-state index contributed by atoms with van der Waals surface area (Å²) in [5.74, 6) is -0.664. The van der Waals surface area contributed by atoms with Crippen LogP contribution in [0.25, 0.3) is 0 Å². The zero-order chi connectivity index (χ0) is 19.2. The van der Waals surface area contributed by atoms with Crippen LogP contribution in [0.15, 0.2) is 29.0 Å². The van der Waals surface area contributed by atoms with Gasteiger partial charge >= 0.3 is 5.97 Å². The third-order valence-corrected chi connectivity index (χ3v) is 5.03. The summed E-state index contributed by atoms with van der Waals surface area (Å²) in [5.41, 5.74) is 8.20. The molecule has 0 spiro atoms. The molecule has 1 aliphatic carbocycles. The van der Waals surface area contributed by atoms with Gasteiger partial charge in [-0.1, -0.05) is 13.8 Å². The summed E-state index contributed by atoms with van der Waals surface area (Å²) in [5, 5.41) is 4.27. The molecule has 1 aromatic heterocycles. The van der Waals surface area contributed by atoms with Crippen LogP contribution in [-0.2, 0) is 26.1 Å². The molecule has 7 nitrogen and oxygen atoms in total. The zero-order valence-corrected chi connectivity index (χ0v) is 15.9. The Morgan fingerprint density at radius 2 is 2.15 bits per heavy atom. The number of allylic oxidation sites excluding steroid dienone is 2. The molecule has 0 bridgehead atoms. The summed E-state index contributed by atoms with van der Waals surface area (Å²) in [7, 11) is 1.82. The fourth-order valence-corrected chi connectivity index (χ4v) is 3.70. The molecule has 140 valence electrons. The average molecular weight is 359 g/mol. The summed E-state index contributed by atoms with van der Waals surface area (Å²) in [6.07, 6.45) is 2.65. The number of nitrogens with two attached hydrogens (primary N) is 1. The minimum absolute atomic E-state index is 0.000882. The average Bonchev–Trinajstić information content (AvgIpc) is 2.84. The summed E-state index contributed by atoms with van der Waals surface area (Å²) < 4.78 is 12.7. The van der Waals surface area contributed by atoms with Crippen molar-refractivity contribution in [3.05, 3.63) is 40.2 Å². The van der Waals surface area contributed by atoms with Crippen molar-refractivity contribution in [1.29, 1.82) is 0 Å². The summed E-state index contributed by atoms with van der Waals surface area (Å²) in [6.45, 7) is 7.86. The second-order valence-electron chi connectivity index (χ2n) is 7.62. The third kappa shape index (κ3) is 2.91. The van der Waals surface area contributed by atoms with Crippen LogP contribution < -0.4 is 5.73 Å². The van der Waals surface area contributed by atoms with Crippen molar-refractivity contribution in [3.8, 4) is 0 Å². The van der Waals surface area contributed by atoms with Crippen LogP contribution in [0.4, 0.5) is 0 Å². The minimum atomic E-state index is -0.616. The van der Waals surface area contributed by atoms with Crippen LogP contribution in [0.3, 0.4) is 0 Å². The molecule has 2 heterocycles. The van der Waals surface area contributed by atoms with E-state index in [9.17, 15) is 9.59 Å². The topological polar surface area (TPSA) is 96.4 Å². The first-order chi connectivity index (χ1) is 12.2. The van der Waals surface area contributed by atoms with E-state index in [0.29, 0.717) is 24.2 Å². The number of ether oxygens (including phenoxy) is 2. The molecule has 0 aromatic carbocycles. The van der Waals surface area contributed by atoms with Gasteiger partial charge in [0.2, 0.25) is 5.88 Å². The molecule has 26 heavy (non-hydrogen) atoms. The van der Waals surface area contributed by atoms with Crippen molar-refractivity contribution >= 4 is 11.8 Å². The molecule has 0 saturated carbocycles. The van der Waals surface area contributed by atoms with Gasteiger partial charge in [0.25, 0.3) is 0 Å². The van der Waals surface area contributed by atoms with Crippen molar-refractivity contribution in [2.24, 2.45) is 18.2 Å². The van der Waals surface area contributed by atoms with Gasteiger partial charge in [-0.3, -0.25) is 9.48 Å². The number of hydrogen-bond acceptors (Lipinski definition) is 6. The molecule has 7 heteroatoms. The number of esters is 1. The molecule has 0 fully saturated rings. The monoisotopic (exact) mass is 359 g/mol. The molecule has 0 radical (unpaired) electrons. The Balaban J connectivity index is 2.20. The van der Waals surface area contributed by atoms with Gasteiger partial charge in [0.1, 0.15) is 11.3 Å². The van der Waals surface area contributed by atoms with E-state index in [0.717, 1.165) is 11.3 Å². The summed E-state index contributed by atoms with van der Waals surface area (Å²) in [6, 6.07) is 0. The van der Waals surface area contributed by atoms with Crippen LogP contribution in [0.2, 0.25) is 0 Å². The van der Waals surface area contributed by atoms with Crippen molar-refractivity contribution in [2.75, 3.05) is 6.61 Å². The lowest BCUT2D eigenvalue weighted by molar-refractivity contribution is -0.139. The standard InChI is InChI=1S/C19H25N3O4/c1-6-25-18(24)16-14(11-9-21-22(5)10(11)2)15-12(23)7-19(3,4)8-13(15)26-17(16)20/h9,14H,6-8,20H2,1-5H3/t14-/m1/s1. The second-order valence-corrected chi connectivity index (χ2v) is 7.62. The number of aryl methyl sites for hydroxylation is 1. The van der Waals surface area contributed by atoms with Crippen molar-refractivity contribution in [2.45, 2.75) is 46.5 Å². The highest BCUT2D eigenvalue weighted by Gasteiger charge is 2.45. The number of aromatic nitrogens is 2. The molecular weight excluding hydrogens is 334 g/mol. The number of rotatable bonds is 3. The first-order valence-corrected chi connectivity index (χ1v) is 8.75.